The van der Waals surface area contributed by atoms with Crippen LogP contribution in [0.3, 0.4) is 0 Å². The molecule has 70 heavy (non-hydrogen) atoms. The van der Waals surface area contributed by atoms with Gasteiger partial charge in [0.05, 0.1) is 39.5 Å². The van der Waals surface area contributed by atoms with Crippen LogP contribution in [0.1, 0.15) is 113 Å². The van der Waals surface area contributed by atoms with Crippen molar-refractivity contribution in [2.75, 3.05) is 24.5 Å². The Morgan fingerprint density at radius 2 is 0.971 bits per heavy atom. The molecule has 1 aliphatic heterocycles. The minimum atomic E-state index is -4.73. The molecule has 376 valence electrons. The van der Waals surface area contributed by atoms with Crippen LogP contribution in [0.25, 0.3) is 22.8 Å². The Hall–Kier alpha value is -5.05. The Morgan fingerprint density at radius 1 is 0.529 bits per heavy atom. The minimum Gasteiger partial charge on any atom is -0.573 e. The Balaban J connectivity index is 0.00000127. The van der Waals surface area contributed by atoms with E-state index in [0.717, 1.165) is 71.2 Å². The molecule has 7 aromatic rings. The maximum atomic E-state index is 13.9. The number of benzene rings is 3. The predicted molar refractivity (Wildman–Crippen MR) is 261 cm³/mol. The van der Waals surface area contributed by atoms with E-state index in [1.165, 1.54) is 0 Å². The van der Waals surface area contributed by atoms with Crippen molar-refractivity contribution in [3.8, 4) is 22.8 Å². The van der Waals surface area contributed by atoms with Gasteiger partial charge in [0.25, 0.3) is 0 Å². The second kappa shape index (κ2) is 22.2. The molecular formula is C52H55Cl2F6N7O2Pt. The summed E-state index contributed by atoms with van der Waals surface area (Å²) in [6, 6.07) is 32.9. The van der Waals surface area contributed by atoms with Gasteiger partial charge < -0.3 is 35.5 Å². The Bertz CT molecular complexity index is 2680. The first-order valence-electron chi connectivity index (χ1n) is 21.6. The van der Waals surface area contributed by atoms with Crippen molar-refractivity contribution >= 4 is 40.3 Å². The van der Waals surface area contributed by atoms with Gasteiger partial charge >= 0.3 is 33.4 Å². The molecule has 0 fully saturated rings. The molecule has 18 heteroatoms. The van der Waals surface area contributed by atoms with Gasteiger partial charge in [-0.05, 0) is 110 Å². The van der Waals surface area contributed by atoms with Gasteiger partial charge in [-0.2, -0.15) is 26.3 Å². The first-order valence-corrected chi connectivity index (χ1v) is 22.7. The van der Waals surface area contributed by atoms with Crippen LogP contribution in [-0.2, 0) is 55.1 Å². The average Bonchev–Trinajstić information content (AvgIpc) is 4.02. The van der Waals surface area contributed by atoms with E-state index in [4.69, 9.17) is 43.4 Å². The molecule has 0 atom stereocenters. The second-order valence-electron chi connectivity index (χ2n) is 19.0. The third-order valence-electron chi connectivity index (χ3n) is 11.5. The Morgan fingerprint density at radius 3 is 1.39 bits per heavy atom. The molecule has 2 N–H and O–H groups in total. The summed E-state index contributed by atoms with van der Waals surface area (Å²) in [7, 11) is 2.00. The van der Waals surface area contributed by atoms with Crippen molar-refractivity contribution in [2.24, 2.45) is 0 Å². The summed E-state index contributed by atoms with van der Waals surface area (Å²) < 4.78 is 83.2. The van der Waals surface area contributed by atoms with Crippen LogP contribution in [-0.4, -0.2) is 49.9 Å². The number of aliphatic hydroxyl groups excluding tert-OH is 2. The van der Waals surface area contributed by atoms with Crippen LogP contribution in [0.4, 0.5) is 43.4 Å². The van der Waals surface area contributed by atoms with Crippen molar-refractivity contribution in [2.45, 2.75) is 96.3 Å². The molecule has 0 spiro atoms. The van der Waals surface area contributed by atoms with Gasteiger partial charge in [-0.15, -0.1) is 23.2 Å². The number of pyridine rings is 2. The largest absolute Gasteiger partial charge is 2.00 e. The molecule has 8 rings (SSSR count). The minimum absolute atomic E-state index is 0. The van der Waals surface area contributed by atoms with Crippen molar-refractivity contribution in [1.82, 2.24) is 30.4 Å². The van der Waals surface area contributed by atoms with Gasteiger partial charge in [0.15, 0.2) is 0 Å². The van der Waals surface area contributed by atoms with E-state index in [1.807, 2.05) is 0 Å². The maximum Gasteiger partial charge on any atom is 2.00 e. The summed E-state index contributed by atoms with van der Waals surface area (Å²) in [5, 5.41) is 28.9. The van der Waals surface area contributed by atoms with E-state index in [9.17, 15) is 26.3 Å². The van der Waals surface area contributed by atoms with Crippen molar-refractivity contribution in [1.29, 1.82) is 0 Å². The number of nitrogens with zero attached hydrogens (tertiary/aromatic N) is 7. The summed E-state index contributed by atoms with van der Waals surface area (Å²) in [6.45, 7) is 19.1. The first kappa shape index (κ1) is 57.5. The molecule has 0 radical (unpaired) electrons. The molecule has 9 nitrogen and oxygen atoms in total. The summed E-state index contributed by atoms with van der Waals surface area (Å²) in [5.74, 6) is 0. The number of anilines is 3. The van der Waals surface area contributed by atoms with E-state index >= 15 is 0 Å². The number of hydrogen-bond acceptors (Lipinski definition) is 7. The quantitative estimate of drug-likeness (QED) is 0.128. The van der Waals surface area contributed by atoms with Gasteiger partial charge in [-0.3, -0.25) is 4.98 Å². The van der Waals surface area contributed by atoms with Gasteiger partial charge in [-0.1, -0.05) is 117 Å². The van der Waals surface area contributed by atoms with Gasteiger partial charge in [0.2, 0.25) is 0 Å². The first-order chi connectivity index (χ1) is 32.3. The van der Waals surface area contributed by atoms with E-state index < -0.39 is 29.2 Å². The van der Waals surface area contributed by atoms with E-state index in [-0.39, 0.29) is 65.4 Å². The number of hydrogen-bond donors (Lipinski definition) is 2. The van der Waals surface area contributed by atoms with E-state index in [0.29, 0.717) is 11.4 Å². The third kappa shape index (κ3) is 11.8. The van der Waals surface area contributed by atoms with E-state index in [2.05, 4.69) is 148 Å². The number of aromatic nitrogens is 6. The topological polar surface area (TPSA) is 123 Å². The molecule has 0 aliphatic carbocycles. The molecule has 0 amide bonds. The summed E-state index contributed by atoms with van der Waals surface area (Å²) >= 11 is 9.53. The molecule has 0 bridgehead atoms. The second-order valence-corrected chi connectivity index (χ2v) is 19.8. The van der Waals surface area contributed by atoms with Crippen LogP contribution < -0.4 is 15.1 Å². The fraction of sp³-hybridized carbons (Fsp3) is 0.346. The number of rotatable bonds is 5. The van der Waals surface area contributed by atoms with Crippen molar-refractivity contribution in [3.05, 3.63) is 160 Å². The van der Waals surface area contributed by atoms with Gasteiger partial charge in [0.1, 0.15) is 11.1 Å². The number of fused-ring (bicyclic) bond motifs is 2. The summed E-state index contributed by atoms with van der Waals surface area (Å²) in [5.41, 5.74) is 3.33. The Labute approximate surface area is 429 Å². The van der Waals surface area contributed by atoms with Gasteiger partial charge in [-0.25, -0.2) is 4.98 Å². The standard InChI is InChI=1S/C49H45F6N7.CH2Cl2.2CH4O.Pt/c1-44(2,3)28-16-20-31(21-17-28)62-38-22-18-29(45(4,5)6)24-32(38)47(33-25-30(46(7,8)9)19-23-39(33)62,40-14-10-12-34(56-40)36-26-42(60-58-36)48(50,51)52)41-15-11-13-35(57-41)37-27-43(61-59-37)49(53,54)55;2-1-3;2*1-2;/h10-27H,1-9H3;1H2;2*2H,1H3;/q-2;;;;+2. The smallest absolute Gasteiger partial charge is 0.573 e. The maximum absolute atomic E-state index is 13.9. The van der Waals surface area contributed by atoms with E-state index in [1.54, 1.807) is 36.4 Å². The molecular weight excluding hydrogens is 1130 g/mol. The fourth-order valence-electron chi connectivity index (χ4n) is 8.03. The molecule has 0 unspecified atom stereocenters. The van der Waals surface area contributed by atoms with Crippen LogP contribution in [0.5, 0.6) is 0 Å². The predicted octanol–water partition coefficient (Wildman–Crippen LogP) is 13.2. The number of aliphatic hydroxyl groups is 2. The third-order valence-corrected chi connectivity index (χ3v) is 11.5. The molecule has 3 aromatic carbocycles. The van der Waals surface area contributed by atoms with Crippen LogP contribution in [0.2, 0.25) is 0 Å². The number of alkyl halides is 8. The average molecular weight is 1190 g/mol. The molecule has 5 heterocycles. The van der Waals surface area contributed by atoms with Crippen molar-refractivity contribution < 1.29 is 57.6 Å². The SMILES string of the molecule is CC(C)(C)c1ccc(N2c3ccc(C(C)(C)C)cc3C(c3cccc(-c4cc(C(F)(F)F)[n-]n4)n3)(c3cccc(-c4cc(C(F)(F)F)n[n-]4)n3)c3cc(C(C)(C)C)ccc32)cc1.CO.CO.ClCCl.[Pt+2]. The monoisotopic (exact) mass is 1190 g/mol. The number of halogens is 8. The Kier molecular flexibility index (Phi) is 18.2. The fourth-order valence-corrected chi connectivity index (χ4v) is 8.03. The molecule has 0 saturated heterocycles. The normalized spacial score (nSPS) is 13.2. The van der Waals surface area contributed by atoms with Crippen LogP contribution in [0, 0.1) is 0 Å². The molecule has 1 aliphatic rings. The summed E-state index contributed by atoms with van der Waals surface area (Å²) in [4.78, 5) is 12.5. The van der Waals surface area contributed by atoms with Gasteiger partial charge in [0, 0.05) is 25.6 Å². The zero-order valence-corrected chi connectivity index (χ0v) is 44.2. The zero-order valence-electron chi connectivity index (χ0n) is 40.5. The molecule has 4 aromatic heterocycles. The molecule has 0 saturated carbocycles. The van der Waals surface area contributed by atoms with Crippen LogP contribution in [0.15, 0.2) is 109 Å². The van der Waals surface area contributed by atoms with Crippen molar-refractivity contribution in [3.63, 3.8) is 0 Å². The van der Waals surface area contributed by atoms with Crippen LogP contribution >= 0.6 is 23.2 Å². The summed E-state index contributed by atoms with van der Waals surface area (Å²) in [6.07, 6.45) is -9.46. The zero-order chi connectivity index (χ0) is 51.5.